The molecule has 0 fully saturated rings. The van der Waals surface area contributed by atoms with Crippen LogP contribution in [0.5, 0.6) is 0 Å². The van der Waals surface area contributed by atoms with Crippen LogP contribution < -0.4 is 5.32 Å². The number of nitrogens with one attached hydrogen (secondary N) is 1. The van der Waals surface area contributed by atoms with Gasteiger partial charge < -0.3 is 14.8 Å². The number of rotatable bonds is 5. The molecule has 0 spiro atoms. The Morgan fingerprint density at radius 1 is 1.35 bits per heavy atom. The molecule has 0 aromatic heterocycles. The van der Waals surface area contributed by atoms with Crippen LogP contribution in [0.25, 0.3) is 0 Å². The molecule has 17 heavy (non-hydrogen) atoms. The zero-order valence-corrected chi connectivity index (χ0v) is 11.7. The highest BCUT2D eigenvalue weighted by Crippen LogP contribution is 2.02. The topological polar surface area (TPSA) is 64.6 Å². The molecule has 0 saturated carbocycles. The van der Waals surface area contributed by atoms with Gasteiger partial charge in [-0.3, -0.25) is 4.79 Å². The maximum Gasteiger partial charge on any atom is 0.328 e. The van der Waals surface area contributed by atoms with E-state index in [-0.39, 0.29) is 11.6 Å². The molecule has 0 heterocycles. The molecule has 0 saturated heterocycles. The van der Waals surface area contributed by atoms with Gasteiger partial charge in [-0.1, -0.05) is 13.3 Å². The highest BCUT2D eigenvalue weighted by atomic mass is 16.5. The SMILES string of the molecule is CCCC(NC=O)C(=O)OC.COC(C)(C)C. The molecule has 0 aliphatic carbocycles. The lowest BCUT2D eigenvalue weighted by Crippen LogP contribution is -2.36. The van der Waals surface area contributed by atoms with Crippen LogP contribution in [0.2, 0.25) is 0 Å². The van der Waals surface area contributed by atoms with Crippen LogP contribution in [0, 0.1) is 0 Å². The molecule has 0 aliphatic heterocycles. The van der Waals surface area contributed by atoms with Crippen LogP contribution in [-0.4, -0.2) is 38.2 Å². The molecule has 0 aromatic rings. The van der Waals surface area contributed by atoms with Crippen molar-refractivity contribution in [1.82, 2.24) is 5.32 Å². The molecule has 102 valence electrons. The summed E-state index contributed by atoms with van der Waals surface area (Å²) in [5.74, 6) is -0.390. The summed E-state index contributed by atoms with van der Waals surface area (Å²) in [5.41, 5.74) is 0.0417. The Bertz CT molecular complexity index is 211. The van der Waals surface area contributed by atoms with Crippen LogP contribution >= 0.6 is 0 Å². The number of hydrogen-bond donors (Lipinski definition) is 1. The Kier molecular flexibility index (Phi) is 10.8. The molecular formula is C12H25NO4. The van der Waals surface area contributed by atoms with Crippen molar-refractivity contribution >= 4 is 12.4 Å². The minimum atomic E-state index is -0.484. The Hall–Kier alpha value is -1.10. The highest BCUT2D eigenvalue weighted by molar-refractivity contribution is 5.77. The maximum absolute atomic E-state index is 10.8. The minimum Gasteiger partial charge on any atom is -0.467 e. The van der Waals surface area contributed by atoms with Gasteiger partial charge in [0.2, 0.25) is 6.41 Å². The van der Waals surface area contributed by atoms with E-state index in [1.165, 1.54) is 7.11 Å². The van der Waals surface area contributed by atoms with E-state index in [2.05, 4.69) is 10.1 Å². The number of esters is 1. The Balaban J connectivity index is 0. The number of carbonyl (C=O) groups excluding carboxylic acids is 2. The quantitative estimate of drug-likeness (QED) is 0.590. The normalized spacial score (nSPS) is 11.9. The van der Waals surface area contributed by atoms with Gasteiger partial charge in [-0.15, -0.1) is 0 Å². The molecule has 1 atom stereocenters. The summed E-state index contributed by atoms with van der Waals surface area (Å²) in [7, 11) is 3.01. The van der Waals surface area contributed by atoms with Crippen LogP contribution in [0.4, 0.5) is 0 Å². The van der Waals surface area contributed by atoms with E-state index in [1.807, 2.05) is 27.7 Å². The van der Waals surface area contributed by atoms with Crippen molar-refractivity contribution in [3.63, 3.8) is 0 Å². The third-order valence-corrected chi connectivity index (χ3v) is 1.94. The van der Waals surface area contributed by atoms with E-state index in [1.54, 1.807) is 7.11 Å². The molecule has 1 unspecified atom stereocenters. The Labute approximate surface area is 104 Å². The molecular weight excluding hydrogens is 222 g/mol. The lowest BCUT2D eigenvalue weighted by atomic mass is 10.2. The smallest absolute Gasteiger partial charge is 0.328 e. The maximum atomic E-state index is 10.8. The zero-order valence-electron chi connectivity index (χ0n) is 11.7. The first-order chi connectivity index (χ1) is 7.82. The van der Waals surface area contributed by atoms with E-state index in [4.69, 9.17) is 4.74 Å². The second-order valence-corrected chi connectivity index (χ2v) is 4.47. The Morgan fingerprint density at radius 2 is 1.82 bits per heavy atom. The fraction of sp³-hybridized carbons (Fsp3) is 0.833. The van der Waals surface area contributed by atoms with Crippen molar-refractivity contribution < 1.29 is 19.1 Å². The van der Waals surface area contributed by atoms with Gasteiger partial charge in [0.15, 0.2) is 0 Å². The number of hydrogen-bond acceptors (Lipinski definition) is 4. The van der Waals surface area contributed by atoms with Crippen LogP contribution in [0.1, 0.15) is 40.5 Å². The summed E-state index contributed by atoms with van der Waals surface area (Å²) >= 11 is 0. The largest absolute Gasteiger partial charge is 0.467 e. The second-order valence-electron chi connectivity index (χ2n) is 4.47. The summed E-state index contributed by atoms with van der Waals surface area (Å²) in [6, 6.07) is -0.484. The van der Waals surface area contributed by atoms with Crippen LogP contribution in [0.15, 0.2) is 0 Å². The van der Waals surface area contributed by atoms with E-state index in [9.17, 15) is 9.59 Å². The van der Waals surface area contributed by atoms with Gasteiger partial charge in [0.1, 0.15) is 6.04 Å². The van der Waals surface area contributed by atoms with Crippen molar-refractivity contribution in [2.24, 2.45) is 0 Å². The fourth-order valence-corrected chi connectivity index (χ4v) is 0.782. The van der Waals surface area contributed by atoms with Gasteiger partial charge in [-0.05, 0) is 27.2 Å². The summed E-state index contributed by atoms with van der Waals surface area (Å²) in [5, 5.41) is 2.38. The number of methoxy groups -OCH3 is 2. The van der Waals surface area contributed by atoms with Crippen LogP contribution in [0.3, 0.4) is 0 Å². The molecule has 5 nitrogen and oxygen atoms in total. The number of ether oxygens (including phenoxy) is 2. The average Bonchev–Trinajstić information content (AvgIpc) is 2.27. The highest BCUT2D eigenvalue weighted by Gasteiger charge is 2.15. The predicted molar refractivity (Wildman–Crippen MR) is 66.7 cm³/mol. The van der Waals surface area contributed by atoms with Gasteiger partial charge in [-0.25, -0.2) is 4.79 Å². The lowest BCUT2D eigenvalue weighted by Gasteiger charge is -2.14. The first kappa shape index (κ1) is 18.3. The number of amides is 1. The Morgan fingerprint density at radius 3 is 2.06 bits per heavy atom. The molecule has 0 aromatic carbocycles. The minimum absolute atomic E-state index is 0.0417. The molecule has 0 aliphatic rings. The van der Waals surface area contributed by atoms with Gasteiger partial charge in [-0.2, -0.15) is 0 Å². The van der Waals surface area contributed by atoms with Gasteiger partial charge in [0.05, 0.1) is 12.7 Å². The average molecular weight is 247 g/mol. The summed E-state index contributed by atoms with van der Waals surface area (Å²) in [4.78, 5) is 20.8. The van der Waals surface area contributed by atoms with E-state index < -0.39 is 6.04 Å². The van der Waals surface area contributed by atoms with E-state index >= 15 is 0 Å². The van der Waals surface area contributed by atoms with Crippen molar-refractivity contribution in [2.75, 3.05) is 14.2 Å². The fourth-order valence-electron chi connectivity index (χ4n) is 0.782. The van der Waals surface area contributed by atoms with Crippen molar-refractivity contribution in [3.05, 3.63) is 0 Å². The first-order valence-electron chi connectivity index (χ1n) is 5.65. The third-order valence-electron chi connectivity index (χ3n) is 1.94. The molecule has 0 radical (unpaired) electrons. The summed E-state index contributed by atoms with van der Waals surface area (Å²) < 4.78 is 9.39. The molecule has 0 rings (SSSR count). The molecule has 5 heteroatoms. The van der Waals surface area contributed by atoms with Crippen molar-refractivity contribution in [1.29, 1.82) is 0 Å². The van der Waals surface area contributed by atoms with Crippen molar-refractivity contribution in [2.45, 2.75) is 52.2 Å². The molecule has 1 N–H and O–H groups in total. The first-order valence-corrected chi connectivity index (χ1v) is 5.65. The van der Waals surface area contributed by atoms with Gasteiger partial charge in [0, 0.05) is 7.11 Å². The van der Waals surface area contributed by atoms with Gasteiger partial charge >= 0.3 is 5.97 Å². The van der Waals surface area contributed by atoms with Gasteiger partial charge in [0.25, 0.3) is 0 Å². The van der Waals surface area contributed by atoms with Crippen molar-refractivity contribution in [3.8, 4) is 0 Å². The predicted octanol–water partition coefficient (Wildman–Crippen LogP) is 1.51. The van der Waals surface area contributed by atoms with E-state index in [0.29, 0.717) is 12.8 Å². The number of carbonyl (C=O) groups is 2. The lowest BCUT2D eigenvalue weighted by molar-refractivity contribution is -0.144. The standard InChI is InChI=1S/C7H13NO3.C5H12O/c1-3-4-6(8-5-9)7(10)11-2;1-5(2,3)6-4/h5-6H,3-4H2,1-2H3,(H,8,9);1-4H3. The van der Waals surface area contributed by atoms with Crippen LogP contribution in [-0.2, 0) is 19.1 Å². The monoisotopic (exact) mass is 247 g/mol. The molecule has 0 bridgehead atoms. The molecule has 1 amide bonds. The third kappa shape index (κ3) is 12.8. The van der Waals surface area contributed by atoms with E-state index in [0.717, 1.165) is 6.42 Å². The summed E-state index contributed by atoms with van der Waals surface area (Å²) in [6.45, 7) is 8.00. The zero-order chi connectivity index (χ0) is 13.9. The summed E-state index contributed by atoms with van der Waals surface area (Å²) in [6.07, 6.45) is 1.96. The second kappa shape index (κ2) is 10.1.